The maximum absolute atomic E-state index is 10.9. The van der Waals surface area contributed by atoms with Crippen LogP contribution in [0.25, 0.3) is 0 Å². The number of carboxylic acid groups (broad SMARTS) is 1. The zero-order valence-electron chi connectivity index (χ0n) is 10.4. The van der Waals surface area contributed by atoms with Crippen LogP contribution >= 0.6 is 0 Å². The minimum Gasteiger partial charge on any atom is -0.477 e. The summed E-state index contributed by atoms with van der Waals surface area (Å²) in [7, 11) is 0. The predicted molar refractivity (Wildman–Crippen MR) is 70.6 cm³/mol. The molecular formula is C15H14N2O2. The van der Waals surface area contributed by atoms with Gasteiger partial charge in [0, 0.05) is 25.8 Å². The average molecular weight is 254 g/mol. The van der Waals surface area contributed by atoms with Gasteiger partial charge in [-0.15, -0.1) is 0 Å². The zero-order valence-corrected chi connectivity index (χ0v) is 10.4. The number of nitrogens with zero attached hydrogens (tertiary/aromatic N) is 2. The largest absolute Gasteiger partial charge is 0.477 e. The summed E-state index contributed by atoms with van der Waals surface area (Å²) in [5.41, 5.74) is 3.81. The quantitative estimate of drug-likeness (QED) is 0.913. The number of carbonyl (C=O) groups is 1. The first-order chi connectivity index (χ1) is 9.22. The van der Waals surface area contributed by atoms with Gasteiger partial charge >= 0.3 is 5.97 Å². The van der Waals surface area contributed by atoms with Gasteiger partial charge in [0.2, 0.25) is 0 Å². The molecule has 0 aliphatic carbocycles. The molecule has 0 saturated heterocycles. The molecule has 1 N–H and O–H groups in total. The second-order valence-electron chi connectivity index (χ2n) is 4.77. The highest BCUT2D eigenvalue weighted by Crippen LogP contribution is 2.23. The summed E-state index contributed by atoms with van der Waals surface area (Å²) in [5.74, 6) is -0.980. The molecule has 0 spiro atoms. The van der Waals surface area contributed by atoms with Gasteiger partial charge in [0.05, 0.1) is 0 Å². The van der Waals surface area contributed by atoms with Gasteiger partial charge in [-0.1, -0.05) is 24.3 Å². The first kappa shape index (κ1) is 11.9. The van der Waals surface area contributed by atoms with Gasteiger partial charge in [-0.25, -0.2) is 9.78 Å². The predicted octanol–water partition coefficient (Wildman–Crippen LogP) is 2.30. The molecule has 19 heavy (non-hydrogen) atoms. The van der Waals surface area contributed by atoms with Crippen molar-refractivity contribution in [3.05, 3.63) is 65.0 Å². The fourth-order valence-electron chi connectivity index (χ4n) is 2.46. The Morgan fingerprint density at radius 2 is 1.89 bits per heavy atom. The van der Waals surface area contributed by atoms with E-state index in [-0.39, 0.29) is 5.69 Å². The van der Waals surface area contributed by atoms with Crippen LogP contribution in [-0.2, 0) is 19.6 Å². The molecule has 0 bridgehead atoms. The molecule has 0 unspecified atom stereocenters. The maximum Gasteiger partial charge on any atom is 0.354 e. The number of benzene rings is 1. The summed E-state index contributed by atoms with van der Waals surface area (Å²) in [6, 6.07) is 11.9. The van der Waals surface area contributed by atoms with Crippen LogP contribution < -0.4 is 0 Å². The smallest absolute Gasteiger partial charge is 0.354 e. The molecule has 0 atom stereocenters. The minimum absolute atomic E-state index is 0.106. The van der Waals surface area contributed by atoms with Crippen LogP contribution in [0.4, 0.5) is 0 Å². The van der Waals surface area contributed by atoms with Crippen molar-refractivity contribution < 1.29 is 9.90 Å². The van der Waals surface area contributed by atoms with Crippen LogP contribution in [0, 0.1) is 0 Å². The molecular weight excluding hydrogens is 240 g/mol. The van der Waals surface area contributed by atoms with E-state index in [2.05, 4.69) is 34.1 Å². The number of hydrogen-bond acceptors (Lipinski definition) is 3. The lowest BCUT2D eigenvalue weighted by atomic mass is 10.1. The number of aromatic carboxylic acids is 1. The number of pyridine rings is 1. The zero-order chi connectivity index (χ0) is 13.2. The average Bonchev–Trinajstić information content (AvgIpc) is 2.81. The monoisotopic (exact) mass is 254 g/mol. The second-order valence-corrected chi connectivity index (χ2v) is 4.77. The van der Waals surface area contributed by atoms with E-state index in [0.717, 1.165) is 25.2 Å². The number of fused-ring (bicyclic) bond motifs is 1. The molecule has 0 amide bonds. The Labute approximate surface area is 111 Å². The summed E-state index contributed by atoms with van der Waals surface area (Å²) in [6.45, 7) is 2.58. The minimum atomic E-state index is -0.980. The molecule has 1 aliphatic rings. The Morgan fingerprint density at radius 1 is 1.21 bits per heavy atom. The van der Waals surface area contributed by atoms with Crippen molar-refractivity contribution >= 4 is 5.97 Å². The SMILES string of the molecule is O=C(O)c1cc(CN2Cc3ccccc3C2)ccn1. The third-order valence-electron chi connectivity index (χ3n) is 3.36. The highest BCUT2D eigenvalue weighted by Gasteiger charge is 2.18. The lowest BCUT2D eigenvalue weighted by molar-refractivity contribution is 0.0690. The van der Waals surface area contributed by atoms with Crippen LogP contribution in [0.15, 0.2) is 42.6 Å². The van der Waals surface area contributed by atoms with Crippen molar-refractivity contribution in [2.45, 2.75) is 19.6 Å². The van der Waals surface area contributed by atoms with E-state index in [4.69, 9.17) is 5.11 Å². The summed E-state index contributed by atoms with van der Waals surface area (Å²) in [5, 5.41) is 8.94. The van der Waals surface area contributed by atoms with Gasteiger partial charge in [0.1, 0.15) is 5.69 Å². The van der Waals surface area contributed by atoms with E-state index < -0.39 is 5.97 Å². The molecule has 0 radical (unpaired) electrons. The summed E-state index contributed by atoms with van der Waals surface area (Å²) < 4.78 is 0. The molecule has 1 aromatic heterocycles. The summed E-state index contributed by atoms with van der Waals surface area (Å²) in [4.78, 5) is 17.0. The van der Waals surface area contributed by atoms with Gasteiger partial charge in [-0.3, -0.25) is 4.90 Å². The summed E-state index contributed by atoms with van der Waals surface area (Å²) >= 11 is 0. The van der Waals surface area contributed by atoms with E-state index in [1.807, 2.05) is 6.07 Å². The van der Waals surface area contributed by atoms with E-state index in [9.17, 15) is 4.79 Å². The molecule has 0 fully saturated rings. The van der Waals surface area contributed by atoms with Crippen molar-refractivity contribution in [2.75, 3.05) is 0 Å². The Morgan fingerprint density at radius 3 is 2.53 bits per heavy atom. The van der Waals surface area contributed by atoms with Crippen LogP contribution in [0.2, 0.25) is 0 Å². The van der Waals surface area contributed by atoms with Crippen molar-refractivity contribution in [1.82, 2.24) is 9.88 Å². The molecule has 4 heteroatoms. The molecule has 2 aromatic rings. The lowest BCUT2D eigenvalue weighted by Crippen LogP contribution is -2.16. The van der Waals surface area contributed by atoms with Gasteiger partial charge in [0.15, 0.2) is 0 Å². The normalized spacial score (nSPS) is 14.3. The third-order valence-corrected chi connectivity index (χ3v) is 3.36. The highest BCUT2D eigenvalue weighted by atomic mass is 16.4. The molecule has 1 aliphatic heterocycles. The van der Waals surface area contributed by atoms with E-state index >= 15 is 0 Å². The van der Waals surface area contributed by atoms with Crippen LogP contribution in [0.1, 0.15) is 27.2 Å². The van der Waals surface area contributed by atoms with Crippen molar-refractivity contribution in [1.29, 1.82) is 0 Å². The van der Waals surface area contributed by atoms with Crippen LogP contribution in [0.5, 0.6) is 0 Å². The summed E-state index contributed by atoms with van der Waals surface area (Å²) in [6.07, 6.45) is 1.56. The van der Waals surface area contributed by atoms with E-state index in [0.29, 0.717) is 0 Å². The number of hydrogen-bond donors (Lipinski definition) is 1. The molecule has 2 heterocycles. The second kappa shape index (κ2) is 4.82. The highest BCUT2D eigenvalue weighted by molar-refractivity contribution is 5.85. The Kier molecular flexibility index (Phi) is 3.01. The van der Waals surface area contributed by atoms with Crippen molar-refractivity contribution in [3.8, 4) is 0 Å². The number of carboxylic acids is 1. The molecule has 4 nitrogen and oxygen atoms in total. The standard InChI is InChI=1S/C15H14N2O2/c18-15(19)14-7-11(5-6-16-14)8-17-9-12-3-1-2-4-13(12)10-17/h1-7H,8-10H2,(H,18,19). The Bertz CT molecular complexity index is 600. The van der Waals surface area contributed by atoms with Gasteiger partial charge in [0.25, 0.3) is 0 Å². The van der Waals surface area contributed by atoms with E-state index in [1.54, 1.807) is 12.3 Å². The fraction of sp³-hybridized carbons (Fsp3) is 0.200. The Balaban J connectivity index is 1.74. The topological polar surface area (TPSA) is 53.4 Å². The number of aromatic nitrogens is 1. The molecule has 96 valence electrons. The van der Waals surface area contributed by atoms with E-state index in [1.165, 1.54) is 11.1 Å². The molecule has 1 aromatic carbocycles. The van der Waals surface area contributed by atoms with Crippen molar-refractivity contribution in [3.63, 3.8) is 0 Å². The molecule has 3 rings (SSSR count). The van der Waals surface area contributed by atoms with Gasteiger partial charge < -0.3 is 5.11 Å². The Hall–Kier alpha value is -2.20. The molecule has 0 saturated carbocycles. The van der Waals surface area contributed by atoms with Crippen LogP contribution in [0.3, 0.4) is 0 Å². The fourth-order valence-corrected chi connectivity index (χ4v) is 2.46. The van der Waals surface area contributed by atoms with Gasteiger partial charge in [-0.05, 0) is 28.8 Å². The first-order valence-electron chi connectivity index (χ1n) is 6.20. The number of rotatable bonds is 3. The van der Waals surface area contributed by atoms with Crippen LogP contribution in [-0.4, -0.2) is 21.0 Å². The maximum atomic E-state index is 10.9. The first-order valence-corrected chi connectivity index (χ1v) is 6.20. The van der Waals surface area contributed by atoms with Crippen molar-refractivity contribution in [2.24, 2.45) is 0 Å². The third kappa shape index (κ3) is 2.48. The van der Waals surface area contributed by atoms with Gasteiger partial charge in [-0.2, -0.15) is 0 Å². The lowest BCUT2D eigenvalue weighted by Gasteiger charge is -2.14.